The lowest BCUT2D eigenvalue weighted by atomic mass is 10.7. The van der Waals surface area contributed by atoms with Crippen molar-refractivity contribution in [3.05, 3.63) is 22.9 Å². The van der Waals surface area contributed by atoms with Crippen LogP contribution in [0.15, 0.2) is 17.2 Å². The van der Waals surface area contributed by atoms with Crippen LogP contribution in [0.1, 0.15) is 13.8 Å². The first-order valence-electron chi connectivity index (χ1n) is 4.15. The van der Waals surface area contributed by atoms with Crippen LogP contribution in [0.2, 0.25) is 0 Å². The van der Waals surface area contributed by atoms with Gasteiger partial charge in [-0.1, -0.05) is 13.8 Å². The Bertz CT molecular complexity index is 443. The van der Waals surface area contributed by atoms with E-state index in [-0.39, 0.29) is 5.69 Å². The van der Waals surface area contributed by atoms with Crippen LogP contribution < -0.4 is 5.69 Å². The highest BCUT2D eigenvalue weighted by Crippen LogP contribution is 1.97. The largest absolute Gasteiger partial charge is 0.328 e. The summed E-state index contributed by atoms with van der Waals surface area (Å²) in [6.45, 7) is 4.00. The maximum absolute atomic E-state index is 11.0. The molecule has 0 saturated carbocycles. The Kier molecular flexibility index (Phi) is 2.79. The Morgan fingerprint density at radius 1 is 1.31 bits per heavy atom. The van der Waals surface area contributed by atoms with E-state index in [9.17, 15) is 4.79 Å². The third-order valence-corrected chi connectivity index (χ3v) is 1.53. The van der Waals surface area contributed by atoms with Crippen LogP contribution in [-0.4, -0.2) is 19.5 Å². The van der Waals surface area contributed by atoms with Crippen molar-refractivity contribution in [1.29, 1.82) is 0 Å². The molecule has 5 nitrogen and oxygen atoms in total. The van der Waals surface area contributed by atoms with Crippen LogP contribution in [0.5, 0.6) is 0 Å². The van der Waals surface area contributed by atoms with Gasteiger partial charge in [0.2, 0.25) is 0 Å². The number of fused-ring (bicyclic) bond motifs is 1. The zero-order chi connectivity index (χ0) is 9.84. The van der Waals surface area contributed by atoms with Crippen molar-refractivity contribution < 1.29 is 0 Å². The van der Waals surface area contributed by atoms with E-state index in [4.69, 9.17) is 0 Å². The van der Waals surface area contributed by atoms with Crippen molar-refractivity contribution in [2.75, 3.05) is 0 Å². The number of aromatic amines is 1. The van der Waals surface area contributed by atoms with Gasteiger partial charge in [0.05, 0.1) is 0 Å². The first kappa shape index (κ1) is 9.44. The fraction of sp³-hybridized carbons (Fsp3) is 0.375. The molecule has 0 unspecified atom stereocenters. The van der Waals surface area contributed by atoms with Crippen LogP contribution in [0, 0.1) is 0 Å². The zero-order valence-corrected chi connectivity index (χ0v) is 7.90. The van der Waals surface area contributed by atoms with Crippen molar-refractivity contribution >= 4 is 11.3 Å². The highest BCUT2D eigenvalue weighted by atomic mass is 16.1. The molecule has 2 heterocycles. The molecule has 0 aliphatic rings. The molecule has 0 fully saturated rings. The molecule has 0 amide bonds. The monoisotopic (exact) mass is 180 g/mol. The minimum Gasteiger partial charge on any atom is -0.289 e. The second-order valence-electron chi connectivity index (χ2n) is 2.22. The van der Waals surface area contributed by atoms with Crippen LogP contribution in [-0.2, 0) is 7.05 Å². The van der Waals surface area contributed by atoms with Crippen LogP contribution in [0.25, 0.3) is 11.3 Å². The van der Waals surface area contributed by atoms with Crippen molar-refractivity contribution in [3.63, 3.8) is 0 Å². The van der Waals surface area contributed by atoms with Gasteiger partial charge in [0.25, 0.3) is 0 Å². The maximum Gasteiger partial charge on any atom is 0.328 e. The number of hydrogen-bond donors (Lipinski definition) is 1. The van der Waals surface area contributed by atoms with Crippen molar-refractivity contribution in [2.24, 2.45) is 7.05 Å². The molecule has 0 saturated heterocycles. The number of aromatic nitrogens is 4. The van der Waals surface area contributed by atoms with Gasteiger partial charge in [0, 0.05) is 19.4 Å². The molecule has 0 aliphatic carbocycles. The van der Waals surface area contributed by atoms with E-state index in [1.807, 2.05) is 13.8 Å². The molecular weight excluding hydrogens is 168 g/mol. The summed E-state index contributed by atoms with van der Waals surface area (Å²) >= 11 is 0. The molecule has 70 valence electrons. The summed E-state index contributed by atoms with van der Waals surface area (Å²) in [5.74, 6) is 0. The highest BCUT2D eigenvalue weighted by Gasteiger charge is 2.01. The van der Waals surface area contributed by atoms with Gasteiger partial charge in [-0.05, 0) is 0 Å². The lowest BCUT2D eigenvalue weighted by Crippen LogP contribution is -2.12. The quantitative estimate of drug-likeness (QED) is 0.648. The van der Waals surface area contributed by atoms with Gasteiger partial charge in [0.1, 0.15) is 0 Å². The molecule has 0 radical (unpaired) electrons. The summed E-state index contributed by atoms with van der Waals surface area (Å²) < 4.78 is 1.42. The normalized spacial score (nSPS) is 9.46. The highest BCUT2D eigenvalue weighted by molar-refractivity contribution is 5.64. The van der Waals surface area contributed by atoms with Gasteiger partial charge < -0.3 is 0 Å². The Morgan fingerprint density at radius 3 is 2.54 bits per heavy atom. The maximum atomic E-state index is 11.0. The SMILES string of the molecule is CC.Cn1c(=O)[nH]c2nccnc21. The number of rotatable bonds is 0. The fourth-order valence-corrected chi connectivity index (χ4v) is 0.946. The van der Waals surface area contributed by atoms with E-state index >= 15 is 0 Å². The van der Waals surface area contributed by atoms with Crippen LogP contribution >= 0.6 is 0 Å². The average Bonchev–Trinajstić information content (AvgIpc) is 2.47. The van der Waals surface area contributed by atoms with E-state index in [2.05, 4.69) is 15.0 Å². The molecule has 5 heteroatoms. The zero-order valence-electron chi connectivity index (χ0n) is 7.90. The van der Waals surface area contributed by atoms with E-state index in [0.29, 0.717) is 11.3 Å². The smallest absolute Gasteiger partial charge is 0.289 e. The molecule has 0 spiro atoms. The number of nitrogens with one attached hydrogen (secondary N) is 1. The Labute approximate surface area is 75.5 Å². The van der Waals surface area contributed by atoms with Gasteiger partial charge in [-0.15, -0.1) is 0 Å². The number of imidazole rings is 1. The molecule has 0 aromatic carbocycles. The second kappa shape index (κ2) is 3.84. The van der Waals surface area contributed by atoms with Gasteiger partial charge in [-0.25, -0.2) is 14.8 Å². The van der Waals surface area contributed by atoms with Crippen molar-refractivity contribution in [1.82, 2.24) is 19.5 Å². The predicted octanol–water partition coefficient (Wildman–Crippen LogP) is 0.683. The van der Waals surface area contributed by atoms with Gasteiger partial charge in [-0.2, -0.15) is 0 Å². The van der Waals surface area contributed by atoms with Crippen LogP contribution in [0.4, 0.5) is 0 Å². The third kappa shape index (κ3) is 1.58. The van der Waals surface area contributed by atoms with Crippen molar-refractivity contribution in [3.8, 4) is 0 Å². The Morgan fingerprint density at radius 2 is 1.92 bits per heavy atom. The number of hydrogen-bond acceptors (Lipinski definition) is 3. The summed E-state index contributed by atoms with van der Waals surface area (Å²) in [6.07, 6.45) is 3.09. The van der Waals surface area contributed by atoms with Gasteiger partial charge in [-0.3, -0.25) is 9.55 Å². The Hall–Kier alpha value is -1.65. The van der Waals surface area contributed by atoms with Gasteiger partial charge in [0.15, 0.2) is 11.3 Å². The molecule has 0 aliphatic heterocycles. The molecular formula is C8H12N4O. The number of H-pyrrole nitrogens is 1. The average molecular weight is 180 g/mol. The molecule has 2 aromatic heterocycles. The third-order valence-electron chi connectivity index (χ3n) is 1.53. The van der Waals surface area contributed by atoms with Crippen molar-refractivity contribution in [2.45, 2.75) is 13.8 Å². The van der Waals surface area contributed by atoms with Gasteiger partial charge >= 0.3 is 5.69 Å². The summed E-state index contributed by atoms with van der Waals surface area (Å²) in [4.78, 5) is 21.4. The topological polar surface area (TPSA) is 63.6 Å². The first-order valence-corrected chi connectivity index (χ1v) is 4.15. The summed E-state index contributed by atoms with van der Waals surface area (Å²) in [6, 6.07) is 0. The van der Waals surface area contributed by atoms with E-state index < -0.39 is 0 Å². The predicted molar refractivity (Wildman–Crippen MR) is 50.5 cm³/mol. The molecule has 2 aromatic rings. The summed E-state index contributed by atoms with van der Waals surface area (Å²) in [7, 11) is 1.65. The van der Waals surface area contributed by atoms with E-state index in [1.165, 1.54) is 10.8 Å². The first-order chi connectivity index (χ1) is 6.29. The Balaban J connectivity index is 0.000000396. The molecule has 0 atom stereocenters. The standard InChI is InChI=1S/C6H6N4O.C2H6/c1-10-5-4(9-6(10)11)7-2-3-8-5;1-2/h2-3H,1H3,(H,7,9,11);1-2H3. The molecule has 13 heavy (non-hydrogen) atoms. The number of aryl methyl sites for hydroxylation is 1. The van der Waals surface area contributed by atoms with Crippen LogP contribution in [0.3, 0.4) is 0 Å². The lowest BCUT2D eigenvalue weighted by Gasteiger charge is -1.87. The minimum absolute atomic E-state index is 0.189. The molecule has 2 rings (SSSR count). The molecule has 0 bridgehead atoms. The summed E-state index contributed by atoms with van der Waals surface area (Å²) in [5, 5.41) is 0. The summed E-state index contributed by atoms with van der Waals surface area (Å²) in [5.41, 5.74) is 0.920. The van der Waals surface area contributed by atoms with E-state index in [0.717, 1.165) is 0 Å². The second-order valence-corrected chi connectivity index (χ2v) is 2.22. The van der Waals surface area contributed by atoms with E-state index in [1.54, 1.807) is 13.2 Å². The number of nitrogens with zero attached hydrogens (tertiary/aromatic N) is 3. The minimum atomic E-state index is -0.189. The fourth-order valence-electron chi connectivity index (χ4n) is 0.946. The lowest BCUT2D eigenvalue weighted by molar-refractivity contribution is 0.879. The molecule has 1 N–H and O–H groups in total.